The van der Waals surface area contributed by atoms with E-state index in [-0.39, 0.29) is 23.3 Å². The van der Waals surface area contributed by atoms with Gasteiger partial charge in [-0.25, -0.2) is 9.37 Å². The van der Waals surface area contributed by atoms with E-state index in [0.717, 1.165) is 37.4 Å². The number of amides is 2. The number of nitrogens with one attached hydrogen (secondary N) is 2. The molecular formula is C22H23ClFN3O3. The predicted molar refractivity (Wildman–Crippen MR) is 112 cm³/mol. The maximum absolute atomic E-state index is 13.4. The summed E-state index contributed by atoms with van der Waals surface area (Å²) in [6.07, 6.45) is 4.54. The second kappa shape index (κ2) is 10.2. The van der Waals surface area contributed by atoms with Gasteiger partial charge >= 0.3 is 0 Å². The van der Waals surface area contributed by atoms with E-state index in [9.17, 15) is 14.0 Å². The quantitative estimate of drug-likeness (QED) is 0.669. The fourth-order valence-electron chi connectivity index (χ4n) is 3.14. The molecule has 0 saturated carbocycles. The molecule has 1 aliphatic rings. The zero-order valence-corrected chi connectivity index (χ0v) is 17.2. The van der Waals surface area contributed by atoms with Crippen LogP contribution in [-0.4, -0.2) is 29.9 Å². The van der Waals surface area contributed by atoms with E-state index in [0.29, 0.717) is 24.4 Å². The molecule has 0 saturated heterocycles. The minimum absolute atomic E-state index is 0.0205. The lowest BCUT2D eigenvalue weighted by Crippen LogP contribution is -2.31. The van der Waals surface area contributed by atoms with Crippen molar-refractivity contribution in [2.45, 2.75) is 32.1 Å². The van der Waals surface area contributed by atoms with Crippen LogP contribution in [-0.2, 0) is 17.6 Å². The number of pyridine rings is 1. The average Bonchev–Trinajstić information content (AvgIpc) is 2.74. The van der Waals surface area contributed by atoms with Gasteiger partial charge in [-0.15, -0.1) is 0 Å². The summed E-state index contributed by atoms with van der Waals surface area (Å²) in [6.45, 7) is 3.78. The largest absolute Gasteiger partial charge is 0.484 e. The predicted octanol–water partition coefficient (Wildman–Crippen LogP) is 3.58. The number of aromatic nitrogens is 1. The molecule has 0 spiro atoms. The summed E-state index contributed by atoms with van der Waals surface area (Å²) in [4.78, 5) is 28.7. The van der Waals surface area contributed by atoms with E-state index in [1.807, 2.05) is 6.07 Å². The molecule has 0 aliphatic heterocycles. The number of rotatable bonds is 8. The van der Waals surface area contributed by atoms with Gasteiger partial charge in [0, 0.05) is 30.4 Å². The number of hydrogen-bond acceptors (Lipinski definition) is 4. The number of benzene rings is 1. The van der Waals surface area contributed by atoms with Crippen molar-refractivity contribution >= 4 is 23.4 Å². The van der Waals surface area contributed by atoms with Crippen LogP contribution >= 0.6 is 11.6 Å². The standard InChI is InChI=1S/C22H23ClFN3O3/c1-14(26-21(28)13-30-16-7-8-17(23)18(24)12-16)10-11-25-22(29)20-9-6-15-4-2-3-5-19(15)27-20/h6-9,12H,1-5,10-11,13H2,(H,25,29)(H,26,28). The van der Waals surface area contributed by atoms with Crippen LogP contribution < -0.4 is 15.4 Å². The van der Waals surface area contributed by atoms with Crippen molar-refractivity contribution in [1.29, 1.82) is 0 Å². The lowest BCUT2D eigenvalue weighted by Gasteiger charge is -2.15. The second-order valence-electron chi connectivity index (χ2n) is 7.03. The molecule has 3 rings (SSSR count). The van der Waals surface area contributed by atoms with Crippen molar-refractivity contribution in [1.82, 2.24) is 15.6 Å². The van der Waals surface area contributed by atoms with Crippen LogP contribution in [0.3, 0.4) is 0 Å². The zero-order valence-electron chi connectivity index (χ0n) is 16.5. The van der Waals surface area contributed by atoms with E-state index in [1.54, 1.807) is 6.07 Å². The average molecular weight is 432 g/mol. The third kappa shape index (κ3) is 6.03. The summed E-state index contributed by atoms with van der Waals surface area (Å²) < 4.78 is 18.6. The van der Waals surface area contributed by atoms with Crippen LogP contribution in [0.5, 0.6) is 5.75 Å². The fraction of sp³-hybridized carbons (Fsp3) is 0.318. The van der Waals surface area contributed by atoms with Crippen molar-refractivity contribution < 1.29 is 18.7 Å². The Labute approximate surface area is 179 Å². The fourth-order valence-corrected chi connectivity index (χ4v) is 3.25. The maximum atomic E-state index is 13.4. The summed E-state index contributed by atoms with van der Waals surface area (Å²) >= 11 is 5.60. The molecule has 30 heavy (non-hydrogen) atoms. The van der Waals surface area contributed by atoms with Crippen LogP contribution in [0.15, 0.2) is 42.6 Å². The van der Waals surface area contributed by atoms with E-state index >= 15 is 0 Å². The molecule has 0 atom stereocenters. The number of hydrogen-bond donors (Lipinski definition) is 2. The summed E-state index contributed by atoms with van der Waals surface area (Å²) in [5, 5.41) is 5.35. The van der Waals surface area contributed by atoms with E-state index in [4.69, 9.17) is 16.3 Å². The molecule has 1 aromatic carbocycles. The summed E-state index contributed by atoms with van der Waals surface area (Å²) in [6, 6.07) is 7.64. The van der Waals surface area contributed by atoms with Crippen molar-refractivity contribution in [3.8, 4) is 5.75 Å². The van der Waals surface area contributed by atoms with Crippen LogP contribution in [0.4, 0.5) is 4.39 Å². The van der Waals surface area contributed by atoms with Crippen LogP contribution in [0, 0.1) is 5.82 Å². The number of aryl methyl sites for hydroxylation is 2. The van der Waals surface area contributed by atoms with Gasteiger partial charge in [0.1, 0.15) is 17.3 Å². The maximum Gasteiger partial charge on any atom is 0.269 e. The molecule has 2 aromatic rings. The van der Waals surface area contributed by atoms with Crippen molar-refractivity contribution in [2.75, 3.05) is 13.2 Å². The topological polar surface area (TPSA) is 80.3 Å². The van der Waals surface area contributed by atoms with Gasteiger partial charge in [-0.3, -0.25) is 9.59 Å². The number of fused-ring (bicyclic) bond motifs is 1. The Balaban J connectivity index is 1.38. The Bertz CT molecular complexity index is 965. The van der Waals surface area contributed by atoms with Gasteiger partial charge in [0.25, 0.3) is 11.8 Å². The molecule has 0 radical (unpaired) electrons. The molecule has 0 fully saturated rings. The summed E-state index contributed by atoms with van der Waals surface area (Å²) in [5.74, 6) is -1.11. The Morgan fingerprint density at radius 1 is 1.20 bits per heavy atom. The van der Waals surface area contributed by atoms with Gasteiger partial charge in [-0.05, 0) is 49.4 Å². The van der Waals surface area contributed by atoms with Gasteiger partial charge in [0.2, 0.25) is 0 Å². The first-order valence-corrected chi connectivity index (χ1v) is 10.1. The lowest BCUT2D eigenvalue weighted by atomic mass is 9.96. The molecule has 1 heterocycles. The lowest BCUT2D eigenvalue weighted by molar-refractivity contribution is -0.122. The molecule has 8 heteroatoms. The highest BCUT2D eigenvalue weighted by molar-refractivity contribution is 6.30. The van der Waals surface area contributed by atoms with E-state index in [2.05, 4.69) is 22.2 Å². The normalized spacial score (nSPS) is 12.6. The molecular weight excluding hydrogens is 409 g/mol. The number of nitrogens with zero attached hydrogens (tertiary/aromatic N) is 1. The van der Waals surface area contributed by atoms with E-state index in [1.165, 1.54) is 17.7 Å². The zero-order chi connectivity index (χ0) is 21.5. The number of ether oxygens (including phenoxy) is 1. The minimum Gasteiger partial charge on any atom is -0.484 e. The van der Waals surface area contributed by atoms with Gasteiger partial charge in [-0.2, -0.15) is 0 Å². The third-order valence-corrected chi connectivity index (χ3v) is 5.01. The van der Waals surface area contributed by atoms with Crippen LogP contribution in [0.1, 0.15) is 41.0 Å². The van der Waals surface area contributed by atoms with Crippen LogP contribution in [0.25, 0.3) is 0 Å². The van der Waals surface area contributed by atoms with Gasteiger partial charge in [0.05, 0.1) is 5.02 Å². The second-order valence-corrected chi connectivity index (χ2v) is 7.44. The molecule has 2 amide bonds. The van der Waals surface area contributed by atoms with Crippen molar-refractivity contribution in [3.05, 3.63) is 70.4 Å². The molecule has 0 unspecified atom stereocenters. The first-order valence-electron chi connectivity index (χ1n) is 9.75. The summed E-state index contributed by atoms with van der Waals surface area (Å²) in [5.41, 5.74) is 3.06. The first kappa shape index (κ1) is 21.8. The Hall–Kier alpha value is -2.93. The molecule has 1 aromatic heterocycles. The number of carbonyl (C=O) groups excluding carboxylic acids is 2. The Morgan fingerprint density at radius 3 is 2.80 bits per heavy atom. The number of halogens is 2. The van der Waals surface area contributed by atoms with Gasteiger partial charge in [0.15, 0.2) is 6.61 Å². The first-order chi connectivity index (χ1) is 14.4. The highest BCUT2D eigenvalue weighted by Crippen LogP contribution is 2.20. The molecule has 1 aliphatic carbocycles. The highest BCUT2D eigenvalue weighted by Gasteiger charge is 2.14. The van der Waals surface area contributed by atoms with E-state index < -0.39 is 11.7 Å². The molecule has 2 N–H and O–H groups in total. The minimum atomic E-state index is -0.622. The van der Waals surface area contributed by atoms with Crippen molar-refractivity contribution in [2.24, 2.45) is 0 Å². The summed E-state index contributed by atoms with van der Waals surface area (Å²) in [7, 11) is 0. The Morgan fingerprint density at radius 2 is 2.00 bits per heavy atom. The third-order valence-electron chi connectivity index (χ3n) is 4.70. The van der Waals surface area contributed by atoms with Gasteiger partial charge < -0.3 is 15.4 Å². The monoisotopic (exact) mass is 431 g/mol. The molecule has 0 bridgehead atoms. The molecule has 158 valence electrons. The van der Waals surface area contributed by atoms with Crippen molar-refractivity contribution in [3.63, 3.8) is 0 Å². The highest BCUT2D eigenvalue weighted by atomic mass is 35.5. The van der Waals surface area contributed by atoms with Crippen LogP contribution in [0.2, 0.25) is 5.02 Å². The molecule has 6 nitrogen and oxygen atoms in total. The van der Waals surface area contributed by atoms with Gasteiger partial charge in [-0.1, -0.05) is 24.2 Å². The Kier molecular flexibility index (Phi) is 7.41. The smallest absolute Gasteiger partial charge is 0.269 e. The number of carbonyl (C=O) groups is 2. The SMILES string of the molecule is C=C(CCNC(=O)c1ccc2c(n1)CCCC2)NC(=O)COc1ccc(Cl)c(F)c1.